The van der Waals surface area contributed by atoms with Crippen LogP contribution in [-0.2, 0) is 4.74 Å². The molecule has 0 atom stereocenters. The first-order chi connectivity index (χ1) is 9.04. The maximum absolute atomic E-state index is 11.8. The molecule has 106 valence electrons. The largest absolute Gasteiger partial charge is 0.449 e. The Morgan fingerprint density at radius 2 is 2.16 bits per heavy atom. The minimum absolute atomic E-state index is 0.0742. The molecule has 0 aliphatic heterocycles. The number of carbonyl (C=O) groups is 2. The van der Waals surface area contributed by atoms with Crippen molar-refractivity contribution in [2.45, 2.75) is 27.2 Å². The van der Waals surface area contributed by atoms with Crippen LogP contribution in [-0.4, -0.2) is 36.5 Å². The highest BCUT2D eigenvalue weighted by Gasteiger charge is 2.16. The van der Waals surface area contributed by atoms with Gasteiger partial charge >= 0.3 is 6.09 Å². The van der Waals surface area contributed by atoms with Gasteiger partial charge < -0.3 is 9.64 Å². The van der Waals surface area contributed by atoms with Gasteiger partial charge in [-0.05, 0) is 24.3 Å². The van der Waals surface area contributed by atoms with E-state index in [0.717, 1.165) is 4.88 Å². The molecule has 1 rings (SSSR count). The molecule has 1 amide bonds. The number of ether oxygens (including phenoxy) is 1. The lowest BCUT2D eigenvalue weighted by molar-refractivity contribution is 0.0875. The van der Waals surface area contributed by atoms with Gasteiger partial charge in [0.25, 0.3) is 0 Å². The molecule has 19 heavy (non-hydrogen) atoms. The van der Waals surface area contributed by atoms with E-state index in [0.29, 0.717) is 32.0 Å². The molecular weight excluding hydrogens is 262 g/mol. The van der Waals surface area contributed by atoms with E-state index >= 15 is 0 Å². The molecule has 5 heteroatoms. The van der Waals surface area contributed by atoms with Crippen LogP contribution in [0.5, 0.6) is 0 Å². The fourth-order valence-corrected chi connectivity index (χ4v) is 2.20. The highest BCUT2D eigenvalue weighted by atomic mass is 32.1. The van der Waals surface area contributed by atoms with Gasteiger partial charge in [-0.25, -0.2) is 4.79 Å². The molecule has 0 saturated carbocycles. The Kier molecular flexibility index (Phi) is 6.56. The summed E-state index contributed by atoms with van der Waals surface area (Å²) < 4.78 is 5.16. The molecule has 0 aliphatic carbocycles. The number of hydrogen-bond acceptors (Lipinski definition) is 4. The Labute approximate surface area is 118 Å². The van der Waals surface area contributed by atoms with Gasteiger partial charge in [0.1, 0.15) is 0 Å². The Morgan fingerprint density at radius 1 is 1.42 bits per heavy atom. The van der Waals surface area contributed by atoms with Gasteiger partial charge in [0.15, 0.2) is 5.78 Å². The fourth-order valence-electron chi connectivity index (χ4n) is 1.50. The van der Waals surface area contributed by atoms with Crippen LogP contribution < -0.4 is 0 Å². The second-order valence-electron chi connectivity index (χ2n) is 4.70. The van der Waals surface area contributed by atoms with Crippen molar-refractivity contribution in [3.8, 4) is 0 Å². The van der Waals surface area contributed by atoms with Gasteiger partial charge in [0, 0.05) is 19.5 Å². The third-order valence-electron chi connectivity index (χ3n) is 2.58. The van der Waals surface area contributed by atoms with Crippen LogP contribution in [0.25, 0.3) is 0 Å². The molecule has 1 heterocycles. The van der Waals surface area contributed by atoms with Crippen LogP contribution in [0.1, 0.15) is 36.9 Å². The van der Waals surface area contributed by atoms with Crippen molar-refractivity contribution in [1.29, 1.82) is 0 Å². The third-order valence-corrected chi connectivity index (χ3v) is 3.50. The van der Waals surface area contributed by atoms with E-state index in [4.69, 9.17) is 4.74 Å². The number of thiophene rings is 1. The van der Waals surface area contributed by atoms with Crippen LogP contribution in [0.3, 0.4) is 0 Å². The first kappa shape index (κ1) is 15.7. The van der Waals surface area contributed by atoms with E-state index in [1.54, 1.807) is 11.0 Å². The normalized spacial score (nSPS) is 10.5. The molecule has 0 aromatic carbocycles. The highest BCUT2D eigenvalue weighted by Crippen LogP contribution is 2.11. The minimum atomic E-state index is -0.338. The van der Waals surface area contributed by atoms with E-state index in [9.17, 15) is 9.59 Å². The molecule has 0 bridgehead atoms. The first-order valence-electron chi connectivity index (χ1n) is 6.53. The smallest absolute Gasteiger partial charge is 0.409 e. The summed E-state index contributed by atoms with van der Waals surface area (Å²) in [4.78, 5) is 25.9. The molecule has 4 nitrogen and oxygen atoms in total. The van der Waals surface area contributed by atoms with E-state index in [1.165, 1.54) is 11.3 Å². The van der Waals surface area contributed by atoms with Crippen LogP contribution in [0, 0.1) is 5.92 Å². The zero-order chi connectivity index (χ0) is 14.3. The van der Waals surface area contributed by atoms with Crippen LogP contribution in [0.4, 0.5) is 4.79 Å². The van der Waals surface area contributed by atoms with Gasteiger partial charge in [-0.15, -0.1) is 11.3 Å². The Balaban J connectivity index is 2.40. The van der Waals surface area contributed by atoms with Crippen molar-refractivity contribution in [3.05, 3.63) is 22.4 Å². The summed E-state index contributed by atoms with van der Waals surface area (Å²) in [7, 11) is 0. The summed E-state index contributed by atoms with van der Waals surface area (Å²) in [5.41, 5.74) is 0. The molecule has 0 radical (unpaired) electrons. The Bertz CT molecular complexity index is 401. The molecule has 0 saturated heterocycles. The maximum atomic E-state index is 11.8. The Hall–Kier alpha value is -1.36. The van der Waals surface area contributed by atoms with Crippen molar-refractivity contribution in [3.63, 3.8) is 0 Å². The molecule has 0 unspecified atom stereocenters. The predicted octanol–water partition coefficient (Wildman–Crippen LogP) is 3.44. The van der Waals surface area contributed by atoms with Crippen LogP contribution in [0.15, 0.2) is 17.5 Å². The predicted molar refractivity (Wildman–Crippen MR) is 76.7 cm³/mol. The van der Waals surface area contributed by atoms with Gasteiger partial charge in [-0.3, -0.25) is 4.79 Å². The number of nitrogens with zero attached hydrogens (tertiary/aromatic N) is 1. The standard InChI is InChI=1S/C14H21NO3S/c1-4-15(14(17)18-10-11(2)3)8-7-12(16)13-6-5-9-19-13/h5-6,9,11H,4,7-8,10H2,1-3H3. The van der Waals surface area contributed by atoms with Crippen molar-refractivity contribution in [2.75, 3.05) is 19.7 Å². The summed E-state index contributed by atoms with van der Waals surface area (Å²) >= 11 is 1.43. The van der Waals surface area contributed by atoms with E-state index in [1.807, 2.05) is 32.2 Å². The zero-order valence-electron chi connectivity index (χ0n) is 11.7. The SMILES string of the molecule is CCN(CCC(=O)c1cccs1)C(=O)OCC(C)C. The van der Waals surface area contributed by atoms with Crippen LogP contribution >= 0.6 is 11.3 Å². The molecule has 0 fully saturated rings. The van der Waals surface area contributed by atoms with Gasteiger partial charge in [-0.2, -0.15) is 0 Å². The number of amides is 1. The first-order valence-corrected chi connectivity index (χ1v) is 7.41. The summed E-state index contributed by atoms with van der Waals surface area (Å²) in [6.45, 7) is 7.23. The number of ketones is 1. The van der Waals surface area contributed by atoms with E-state index in [2.05, 4.69) is 0 Å². The summed E-state index contributed by atoms with van der Waals surface area (Å²) in [5, 5.41) is 1.88. The van der Waals surface area contributed by atoms with Gasteiger partial charge in [0.05, 0.1) is 11.5 Å². The lowest BCUT2D eigenvalue weighted by Gasteiger charge is -2.20. The summed E-state index contributed by atoms with van der Waals surface area (Å²) in [5.74, 6) is 0.389. The average molecular weight is 283 g/mol. The monoisotopic (exact) mass is 283 g/mol. The van der Waals surface area contributed by atoms with Crippen LogP contribution in [0.2, 0.25) is 0 Å². The average Bonchev–Trinajstić information content (AvgIpc) is 2.90. The molecular formula is C14H21NO3S. The van der Waals surface area contributed by atoms with E-state index in [-0.39, 0.29) is 11.9 Å². The molecule has 1 aromatic heterocycles. The lowest BCUT2D eigenvalue weighted by Crippen LogP contribution is -2.34. The zero-order valence-corrected chi connectivity index (χ0v) is 12.5. The second-order valence-corrected chi connectivity index (χ2v) is 5.65. The molecule has 0 N–H and O–H groups in total. The summed E-state index contributed by atoms with van der Waals surface area (Å²) in [6, 6.07) is 3.66. The van der Waals surface area contributed by atoms with Crippen molar-refractivity contribution >= 4 is 23.2 Å². The molecule has 0 spiro atoms. The number of rotatable bonds is 7. The lowest BCUT2D eigenvalue weighted by atomic mass is 10.2. The summed E-state index contributed by atoms with van der Waals surface area (Å²) in [6.07, 6.45) is 0.000628. The third kappa shape index (κ3) is 5.42. The topological polar surface area (TPSA) is 46.6 Å². The highest BCUT2D eigenvalue weighted by molar-refractivity contribution is 7.12. The van der Waals surface area contributed by atoms with Crippen molar-refractivity contribution in [1.82, 2.24) is 4.90 Å². The molecule has 0 aliphatic rings. The fraction of sp³-hybridized carbons (Fsp3) is 0.571. The minimum Gasteiger partial charge on any atom is -0.449 e. The van der Waals surface area contributed by atoms with E-state index < -0.39 is 0 Å². The maximum Gasteiger partial charge on any atom is 0.409 e. The van der Waals surface area contributed by atoms with Gasteiger partial charge in [0.2, 0.25) is 0 Å². The Morgan fingerprint density at radius 3 is 2.68 bits per heavy atom. The quantitative estimate of drug-likeness (QED) is 0.720. The van der Waals surface area contributed by atoms with Crippen molar-refractivity contribution in [2.24, 2.45) is 5.92 Å². The van der Waals surface area contributed by atoms with Crippen molar-refractivity contribution < 1.29 is 14.3 Å². The molecule has 1 aromatic rings. The number of Topliss-reactive ketones (excluding diaryl/α,β-unsaturated/α-hetero) is 1. The second kappa shape index (κ2) is 7.94. The van der Waals surface area contributed by atoms with Gasteiger partial charge in [-0.1, -0.05) is 19.9 Å². The number of hydrogen-bond donors (Lipinski definition) is 0. The number of carbonyl (C=O) groups excluding carboxylic acids is 2.